The number of allylic oxidation sites excluding steroid dienone is 1. The molecule has 0 unspecified atom stereocenters. The maximum absolute atomic E-state index is 5.73. The van der Waals surface area contributed by atoms with Crippen LogP contribution in [-0.4, -0.2) is 42.7 Å². The molecule has 0 spiro atoms. The van der Waals surface area contributed by atoms with E-state index in [1.54, 1.807) is 0 Å². The highest BCUT2D eigenvalue weighted by molar-refractivity contribution is 5.76. The van der Waals surface area contributed by atoms with Crippen molar-refractivity contribution in [2.75, 3.05) is 19.7 Å². The van der Waals surface area contributed by atoms with Crippen LogP contribution >= 0.6 is 0 Å². The van der Waals surface area contributed by atoms with Crippen molar-refractivity contribution < 1.29 is 4.74 Å². The number of guanidine groups is 1. The molecule has 0 amide bonds. The zero-order valence-electron chi connectivity index (χ0n) is 10.5. The lowest BCUT2D eigenvalue weighted by Crippen LogP contribution is -2.54. The molecule has 0 radical (unpaired) electrons. The Labute approximate surface area is 107 Å². The summed E-state index contributed by atoms with van der Waals surface area (Å²) in [4.78, 5) is 6.15. The number of ether oxygens (including phenoxy) is 1. The highest BCUT2D eigenvalue weighted by atomic mass is 16.5. The van der Waals surface area contributed by atoms with E-state index in [9.17, 15) is 0 Å². The Balaban J connectivity index is 1.92. The maximum atomic E-state index is 5.73. The van der Waals surface area contributed by atoms with Crippen molar-refractivity contribution in [2.45, 2.75) is 25.0 Å². The first-order valence-corrected chi connectivity index (χ1v) is 6.16. The van der Waals surface area contributed by atoms with Gasteiger partial charge in [-0.3, -0.25) is 0 Å². The smallest absolute Gasteiger partial charge is 0.190 e. The Kier molecular flexibility index (Phi) is 3.88. The average Bonchev–Trinajstić information content (AvgIpc) is 3.04. The SMILES string of the molecule is C=C(/C=C(/COC1CC1)N=C(N)N)N1CC(N)C1. The van der Waals surface area contributed by atoms with Crippen molar-refractivity contribution in [3.05, 3.63) is 24.0 Å². The minimum atomic E-state index is 0.0359. The summed E-state index contributed by atoms with van der Waals surface area (Å²) in [5.74, 6) is 0.0359. The molecule has 2 rings (SSSR count). The second-order valence-corrected chi connectivity index (χ2v) is 4.84. The van der Waals surface area contributed by atoms with Crippen molar-refractivity contribution in [1.82, 2.24) is 4.90 Å². The Morgan fingerprint density at radius 1 is 1.39 bits per heavy atom. The van der Waals surface area contributed by atoms with Gasteiger partial charge in [-0.25, -0.2) is 4.99 Å². The van der Waals surface area contributed by atoms with Gasteiger partial charge in [0.25, 0.3) is 0 Å². The van der Waals surface area contributed by atoms with Gasteiger partial charge in [-0.05, 0) is 18.9 Å². The summed E-state index contributed by atoms with van der Waals surface area (Å²) in [5, 5.41) is 0. The first-order chi connectivity index (χ1) is 8.54. The standard InChI is InChI=1S/C12H21N5O/c1-8(17-5-9(13)6-17)4-10(16-12(14)15)7-18-11-2-3-11/h4,9,11H,1-3,5-7,13H2,(H4,14,15,16)/b10-4-. The summed E-state index contributed by atoms with van der Waals surface area (Å²) in [7, 11) is 0. The van der Waals surface area contributed by atoms with Gasteiger partial charge in [0, 0.05) is 24.8 Å². The van der Waals surface area contributed by atoms with Gasteiger partial charge in [-0.15, -0.1) is 0 Å². The Morgan fingerprint density at radius 3 is 2.56 bits per heavy atom. The van der Waals surface area contributed by atoms with Crippen molar-refractivity contribution in [2.24, 2.45) is 22.2 Å². The molecule has 6 heteroatoms. The van der Waals surface area contributed by atoms with E-state index in [0.717, 1.165) is 31.6 Å². The lowest BCUT2D eigenvalue weighted by Gasteiger charge is -2.39. The van der Waals surface area contributed by atoms with Crippen LogP contribution in [0.3, 0.4) is 0 Å². The van der Waals surface area contributed by atoms with Gasteiger partial charge < -0.3 is 26.8 Å². The Morgan fingerprint density at radius 2 is 2.06 bits per heavy atom. The Hall–Kier alpha value is -1.53. The lowest BCUT2D eigenvalue weighted by molar-refractivity contribution is 0.140. The third-order valence-electron chi connectivity index (χ3n) is 2.91. The topological polar surface area (TPSA) is 103 Å². The summed E-state index contributed by atoms with van der Waals surface area (Å²) < 4.78 is 5.60. The van der Waals surface area contributed by atoms with Crippen LogP contribution in [0, 0.1) is 0 Å². The van der Waals surface area contributed by atoms with Gasteiger partial charge in [0.1, 0.15) is 0 Å². The molecule has 0 atom stereocenters. The molecule has 1 saturated carbocycles. The number of hydrogen-bond acceptors (Lipinski definition) is 4. The first kappa shape index (κ1) is 12.9. The van der Waals surface area contributed by atoms with Crippen LogP contribution in [0.25, 0.3) is 0 Å². The molecular weight excluding hydrogens is 230 g/mol. The molecule has 1 aliphatic carbocycles. The molecule has 18 heavy (non-hydrogen) atoms. The summed E-state index contributed by atoms with van der Waals surface area (Å²) in [6, 6.07) is 0.240. The third-order valence-corrected chi connectivity index (χ3v) is 2.91. The minimum absolute atomic E-state index is 0.0359. The molecule has 2 aliphatic rings. The summed E-state index contributed by atoms with van der Waals surface area (Å²) in [6.45, 7) is 6.06. The third kappa shape index (κ3) is 3.75. The fourth-order valence-electron chi connectivity index (χ4n) is 1.74. The summed E-state index contributed by atoms with van der Waals surface area (Å²) in [5.41, 5.74) is 18.1. The molecule has 0 aromatic heterocycles. The van der Waals surface area contributed by atoms with E-state index >= 15 is 0 Å². The highest BCUT2D eigenvalue weighted by Gasteiger charge is 2.24. The van der Waals surface area contributed by atoms with Crippen LogP contribution in [0.5, 0.6) is 0 Å². The van der Waals surface area contributed by atoms with Crippen LogP contribution in [-0.2, 0) is 4.74 Å². The van der Waals surface area contributed by atoms with Crippen LogP contribution in [0.15, 0.2) is 29.0 Å². The second kappa shape index (κ2) is 5.41. The molecule has 0 aromatic rings. The van der Waals surface area contributed by atoms with E-state index < -0.39 is 0 Å². The van der Waals surface area contributed by atoms with Crippen LogP contribution in [0.4, 0.5) is 0 Å². The summed E-state index contributed by atoms with van der Waals surface area (Å²) >= 11 is 0. The van der Waals surface area contributed by atoms with Crippen molar-refractivity contribution in [3.63, 3.8) is 0 Å². The van der Waals surface area contributed by atoms with Gasteiger partial charge in [0.05, 0.1) is 18.4 Å². The molecular formula is C12H21N5O. The number of aliphatic imine (C=N–C) groups is 1. The Bertz CT molecular complexity index is 376. The van der Waals surface area contributed by atoms with E-state index in [-0.39, 0.29) is 12.0 Å². The largest absolute Gasteiger partial charge is 0.372 e. The molecule has 0 bridgehead atoms. The number of rotatable bonds is 6. The van der Waals surface area contributed by atoms with Gasteiger partial charge in [-0.2, -0.15) is 0 Å². The molecule has 2 fully saturated rings. The molecule has 6 N–H and O–H groups in total. The van der Waals surface area contributed by atoms with Gasteiger partial charge >= 0.3 is 0 Å². The number of likely N-dealkylation sites (tertiary alicyclic amines) is 1. The molecule has 6 nitrogen and oxygen atoms in total. The number of nitrogens with zero attached hydrogens (tertiary/aromatic N) is 2. The van der Waals surface area contributed by atoms with Crippen molar-refractivity contribution >= 4 is 5.96 Å². The van der Waals surface area contributed by atoms with Crippen LogP contribution < -0.4 is 17.2 Å². The van der Waals surface area contributed by atoms with Gasteiger partial charge in [-0.1, -0.05) is 6.58 Å². The van der Waals surface area contributed by atoms with E-state index in [1.807, 2.05) is 6.08 Å². The second-order valence-electron chi connectivity index (χ2n) is 4.84. The molecule has 1 heterocycles. The van der Waals surface area contributed by atoms with Crippen molar-refractivity contribution in [3.8, 4) is 0 Å². The monoisotopic (exact) mass is 251 g/mol. The predicted molar refractivity (Wildman–Crippen MR) is 71.6 cm³/mol. The zero-order valence-corrected chi connectivity index (χ0v) is 10.5. The average molecular weight is 251 g/mol. The van der Waals surface area contributed by atoms with Gasteiger partial charge in [0.15, 0.2) is 5.96 Å². The van der Waals surface area contributed by atoms with Crippen LogP contribution in [0.2, 0.25) is 0 Å². The highest BCUT2D eigenvalue weighted by Crippen LogP contribution is 2.24. The molecule has 0 aromatic carbocycles. The van der Waals surface area contributed by atoms with Crippen LogP contribution in [0.1, 0.15) is 12.8 Å². The van der Waals surface area contributed by atoms with E-state index in [4.69, 9.17) is 21.9 Å². The summed E-state index contributed by atoms with van der Waals surface area (Å²) in [6.07, 6.45) is 4.47. The minimum Gasteiger partial charge on any atom is -0.372 e. The quantitative estimate of drug-likeness (QED) is 0.335. The normalized spacial score (nSPS) is 20.5. The number of nitrogens with two attached hydrogens (primary N) is 3. The van der Waals surface area contributed by atoms with E-state index in [0.29, 0.717) is 18.4 Å². The predicted octanol–water partition coefficient (Wildman–Crippen LogP) is -0.521. The molecule has 1 aliphatic heterocycles. The maximum Gasteiger partial charge on any atom is 0.190 e. The fraction of sp³-hybridized carbons (Fsp3) is 0.583. The van der Waals surface area contributed by atoms with E-state index in [2.05, 4.69) is 16.5 Å². The van der Waals surface area contributed by atoms with Crippen molar-refractivity contribution in [1.29, 1.82) is 0 Å². The molecule has 100 valence electrons. The fourth-order valence-corrected chi connectivity index (χ4v) is 1.74. The van der Waals surface area contributed by atoms with E-state index in [1.165, 1.54) is 0 Å². The van der Waals surface area contributed by atoms with Gasteiger partial charge in [0.2, 0.25) is 0 Å². The first-order valence-electron chi connectivity index (χ1n) is 6.16. The number of hydrogen-bond donors (Lipinski definition) is 3. The lowest BCUT2D eigenvalue weighted by atomic mass is 10.1. The zero-order chi connectivity index (χ0) is 13.1. The molecule has 1 saturated heterocycles.